The molecule has 0 spiro atoms. The molecule has 0 aliphatic carbocycles. The third-order valence-electron chi connectivity index (χ3n) is 1.56. The van der Waals surface area contributed by atoms with Gasteiger partial charge in [-0.05, 0) is 45.7 Å². The van der Waals surface area contributed by atoms with Gasteiger partial charge in [-0.3, -0.25) is 9.78 Å². The van der Waals surface area contributed by atoms with Crippen LogP contribution in [-0.4, -0.2) is 11.3 Å². The second kappa shape index (κ2) is 3.66. The second-order valence-corrected chi connectivity index (χ2v) is 4.03. The molecule has 0 unspecified atom stereocenters. The molecule has 1 heterocycles. The zero-order valence-electron chi connectivity index (χ0n) is 6.69. The van der Waals surface area contributed by atoms with E-state index in [1.807, 2.05) is 13.8 Å². The van der Waals surface area contributed by atoms with Gasteiger partial charge >= 0.3 is 0 Å². The SMILES string of the molecule is Cc1nc(C)c(Br)c(C=O)c1Br. The van der Waals surface area contributed by atoms with Crippen LogP contribution in [-0.2, 0) is 0 Å². The number of nitrogens with zero attached hydrogens (tertiary/aromatic N) is 1. The number of pyridine rings is 1. The molecule has 0 bridgehead atoms. The Kier molecular flexibility index (Phi) is 3.01. The van der Waals surface area contributed by atoms with Crippen molar-refractivity contribution in [2.24, 2.45) is 0 Å². The van der Waals surface area contributed by atoms with Crippen LogP contribution in [0.4, 0.5) is 0 Å². The van der Waals surface area contributed by atoms with Crippen molar-refractivity contribution in [1.29, 1.82) is 0 Å². The fraction of sp³-hybridized carbons (Fsp3) is 0.250. The summed E-state index contributed by atoms with van der Waals surface area (Å²) in [6.45, 7) is 3.72. The highest BCUT2D eigenvalue weighted by Gasteiger charge is 2.10. The van der Waals surface area contributed by atoms with Crippen LogP contribution in [0.15, 0.2) is 8.95 Å². The molecule has 64 valence electrons. The number of aromatic nitrogens is 1. The van der Waals surface area contributed by atoms with E-state index < -0.39 is 0 Å². The number of hydrogen-bond acceptors (Lipinski definition) is 2. The van der Waals surface area contributed by atoms with E-state index in [4.69, 9.17) is 0 Å². The van der Waals surface area contributed by atoms with E-state index in [1.54, 1.807) is 0 Å². The van der Waals surface area contributed by atoms with Gasteiger partial charge in [0.15, 0.2) is 6.29 Å². The first-order chi connectivity index (χ1) is 5.57. The fourth-order valence-corrected chi connectivity index (χ4v) is 1.97. The Balaban J connectivity index is 3.52. The van der Waals surface area contributed by atoms with Gasteiger partial charge in [-0.25, -0.2) is 0 Å². The first-order valence-corrected chi connectivity index (χ1v) is 4.94. The fourth-order valence-electron chi connectivity index (χ4n) is 0.939. The molecule has 0 fully saturated rings. The monoisotopic (exact) mass is 291 g/mol. The molecular weight excluding hydrogens is 286 g/mol. The molecule has 0 N–H and O–H groups in total. The van der Waals surface area contributed by atoms with E-state index in [9.17, 15) is 4.79 Å². The maximum atomic E-state index is 10.7. The number of halogens is 2. The molecule has 1 rings (SSSR count). The number of rotatable bonds is 1. The van der Waals surface area contributed by atoms with Crippen LogP contribution in [0, 0.1) is 13.8 Å². The molecule has 1 aromatic heterocycles. The normalized spacial score (nSPS) is 10.0. The van der Waals surface area contributed by atoms with Gasteiger partial charge in [0, 0.05) is 5.56 Å². The van der Waals surface area contributed by atoms with Gasteiger partial charge in [0.2, 0.25) is 0 Å². The van der Waals surface area contributed by atoms with E-state index in [2.05, 4.69) is 36.8 Å². The quantitative estimate of drug-likeness (QED) is 0.745. The van der Waals surface area contributed by atoms with Crippen molar-refractivity contribution in [2.75, 3.05) is 0 Å². The molecule has 0 amide bonds. The Hall–Kier alpha value is -0.220. The number of carbonyl (C=O) groups excluding carboxylic acids is 1. The van der Waals surface area contributed by atoms with Crippen LogP contribution in [0.25, 0.3) is 0 Å². The molecule has 4 heteroatoms. The number of carbonyl (C=O) groups is 1. The van der Waals surface area contributed by atoms with Crippen molar-refractivity contribution in [3.05, 3.63) is 25.9 Å². The van der Waals surface area contributed by atoms with Crippen molar-refractivity contribution in [2.45, 2.75) is 13.8 Å². The molecule has 0 saturated heterocycles. The largest absolute Gasteiger partial charge is 0.298 e. The minimum atomic E-state index is 0.625. The highest BCUT2D eigenvalue weighted by atomic mass is 79.9. The molecule has 2 nitrogen and oxygen atoms in total. The number of aldehydes is 1. The Morgan fingerprint density at radius 3 is 1.92 bits per heavy atom. The summed E-state index contributed by atoms with van der Waals surface area (Å²) < 4.78 is 1.52. The van der Waals surface area contributed by atoms with E-state index in [0.29, 0.717) is 5.56 Å². The average molecular weight is 293 g/mol. The number of aryl methyl sites for hydroxylation is 2. The molecule has 0 aliphatic rings. The summed E-state index contributed by atoms with van der Waals surface area (Å²) in [5.41, 5.74) is 2.29. The minimum Gasteiger partial charge on any atom is -0.298 e. The first kappa shape index (κ1) is 9.86. The molecular formula is C8H7Br2NO. The predicted molar refractivity (Wildman–Crippen MR) is 54.5 cm³/mol. The lowest BCUT2D eigenvalue weighted by molar-refractivity contribution is 0.112. The summed E-state index contributed by atoms with van der Waals surface area (Å²) >= 11 is 6.60. The first-order valence-electron chi connectivity index (χ1n) is 3.35. The molecule has 0 saturated carbocycles. The Morgan fingerprint density at radius 2 is 1.58 bits per heavy atom. The summed E-state index contributed by atoms with van der Waals surface area (Å²) in [4.78, 5) is 14.9. The van der Waals surface area contributed by atoms with Crippen LogP contribution in [0.5, 0.6) is 0 Å². The van der Waals surface area contributed by atoms with E-state index >= 15 is 0 Å². The Morgan fingerprint density at radius 1 is 1.17 bits per heavy atom. The predicted octanol–water partition coefficient (Wildman–Crippen LogP) is 3.04. The van der Waals surface area contributed by atoms with Crippen molar-refractivity contribution in [3.8, 4) is 0 Å². The molecule has 1 aromatic rings. The minimum absolute atomic E-state index is 0.625. The van der Waals surface area contributed by atoms with Gasteiger partial charge in [0.05, 0.1) is 20.3 Å². The standard InChI is InChI=1S/C8H7Br2NO/c1-4-7(9)6(3-12)8(10)5(2)11-4/h3H,1-2H3. The van der Waals surface area contributed by atoms with Crippen LogP contribution in [0.3, 0.4) is 0 Å². The van der Waals surface area contributed by atoms with Gasteiger partial charge in [0.25, 0.3) is 0 Å². The lowest BCUT2D eigenvalue weighted by Gasteiger charge is -2.05. The van der Waals surface area contributed by atoms with Gasteiger partial charge < -0.3 is 0 Å². The van der Waals surface area contributed by atoms with Crippen LogP contribution in [0.1, 0.15) is 21.7 Å². The number of hydrogen-bond donors (Lipinski definition) is 0. The maximum absolute atomic E-state index is 10.7. The topological polar surface area (TPSA) is 30.0 Å². The maximum Gasteiger partial charge on any atom is 0.152 e. The summed E-state index contributed by atoms with van der Waals surface area (Å²) in [5, 5.41) is 0. The van der Waals surface area contributed by atoms with E-state index in [1.165, 1.54) is 0 Å². The average Bonchev–Trinajstić information content (AvgIpc) is 2.02. The van der Waals surface area contributed by atoms with Crippen LogP contribution < -0.4 is 0 Å². The zero-order valence-corrected chi connectivity index (χ0v) is 9.86. The van der Waals surface area contributed by atoms with Crippen molar-refractivity contribution < 1.29 is 4.79 Å². The lowest BCUT2D eigenvalue weighted by Crippen LogP contribution is -1.96. The summed E-state index contributed by atoms with van der Waals surface area (Å²) in [7, 11) is 0. The zero-order chi connectivity index (χ0) is 9.30. The third-order valence-corrected chi connectivity index (χ3v) is 3.56. The Bertz CT molecular complexity index is 310. The highest BCUT2D eigenvalue weighted by molar-refractivity contribution is 9.11. The van der Waals surface area contributed by atoms with Crippen LogP contribution >= 0.6 is 31.9 Å². The second-order valence-electron chi connectivity index (χ2n) is 2.44. The van der Waals surface area contributed by atoms with Gasteiger partial charge in [0.1, 0.15) is 0 Å². The smallest absolute Gasteiger partial charge is 0.152 e. The molecule has 0 aliphatic heterocycles. The lowest BCUT2D eigenvalue weighted by atomic mass is 10.2. The molecule has 12 heavy (non-hydrogen) atoms. The third kappa shape index (κ3) is 1.59. The van der Waals surface area contributed by atoms with E-state index in [0.717, 1.165) is 26.6 Å². The van der Waals surface area contributed by atoms with Crippen molar-refractivity contribution in [3.63, 3.8) is 0 Å². The van der Waals surface area contributed by atoms with Gasteiger partial charge in [-0.2, -0.15) is 0 Å². The van der Waals surface area contributed by atoms with Crippen molar-refractivity contribution in [1.82, 2.24) is 4.98 Å². The summed E-state index contributed by atoms with van der Waals surface area (Å²) in [5.74, 6) is 0. The van der Waals surface area contributed by atoms with Gasteiger partial charge in [-0.15, -0.1) is 0 Å². The molecule has 0 radical (unpaired) electrons. The Labute approximate surface area is 87.6 Å². The van der Waals surface area contributed by atoms with Gasteiger partial charge in [-0.1, -0.05) is 0 Å². The van der Waals surface area contributed by atoms with E-state index in [-0.39, 0.29) is 0 Å². The van der Waals surface area contributed by atoms with Crippen molar-refractivity contribution >= 4 is 38.1 Å². The van der Waals surface area contributed by atoms with Crippen LogP contribution in [0.2, 0.25) is 0 Å². The highest BCUT2D eigenvalue weighted by Crippen LogP contribution is 2.27. The summed E-state index contributed by atoms with van der Waals surface area (Å²) in [6, 6.07) is 0. The summed E-state index contributed by atoms with van der Waals surface area (Å²) in [6.07, 6.45) is 0.815. The molecule has 0 atom stereocenters. The molecule has 0 aromatic carbocycles.